The lowest BCUT2D eigenvalue weighted by Crippen LogP contribution is -2.40. The quantitative estimate of drug-likeness (QED) is 0.783. The van der Waals surface area contributed by atoms with E-state index < -0.39 is 0 Å². The second-order valence-corrected chi connectivity index (χ2v) is 4.90. The molecule has 4 nitrogen and oxygen atoms in total. The number of rotatable bonds is 4. The minimum absolute atomic E-state index is 0.278. The van der Waals surface area contributed by atoms with Crippen LogP contribution in [0.4, 0.5) is 4.79 Å². The van der Waals surface area contributed by atoms with Crippen LogP contribution in [0, 0.1) is 5.92 Å². The highest BCUT2D eigenvalue weighted by Crippen LogP contribution is 2.19. The van der Waals surface area contributed by atoms with E-state index in [2.05, 4.69) is 0 Å². The van der Waals surface area contributed by atoms with E-state index in [1.54, 1.807) is 4.90 Å². The maximum atomic E-state index is 11.9. The summed E-state index contributed by atoms with van der Waals surface area (Å²) in [5.41, 5.74) is 0.984. The van der Waals surface area contributed by atoms with Gasteiger partial charge < -0.3 is 14.4 Å². The molecule has 1 aromatic rings. The van der Waals surface area contributed by atoms with Crippen molar-refractivity contribution in [3.63, 3.8) is 0 Å². The van der Waals surface area contributed by atoms with Gasteiger partial charge in [-0.05, 0) is 24.3 Å². The fourth-order valence-corrected chi connectivity index (χ4v) is 2.37. The van der Waals surface area contributed by atoms with E-state index in [0.29, 0.717) is 19.6 Å². The standard InChI is InChI=1S/C15H19NO3/c17-10-8-13-7-4-9-16(11-13)15(18)19-12-14-5-2-1-3-6-14/h1-3,5-6,10,13H,4,7-9,11-12H2. The Balaban J connectivity index is 1.81. The van der Waals surface area contributed by atoms with Crippen LogP contribution >= 0.6 is 0 Å². The van der Waals surface area contributed by atoms with Gasteiger partial charge in [-0.1, -0.05) is 30.3 Å². The van der Waals surface area contributed by atoms with Crippen LogP contribution in [0.15, 0.2) is 30.3 Å². The predicted octanol–water partition coefficient (Wildman–Crippen LogP) is 2.62. The molecule has 0 aliphatic carbocycles. The van der Waals surface area contributed by atoms with Crippen molar-refractivity contribution in [1.29, 1.82) is 0 Å². The lowest BCUT2D eigenvalue weighted by Gasteiger charge is -2.31. The molecular weight excluding hydrogens is 242 g/mol. The number of hydrogen-bond acceptors (Lipinski definition) is 3. The first-order valence-electron chi connectivity index (χ1n) is 6.69. The first kappa shape index (κ1) is 13.6. The number of benzene rings is 1. The molecule has 1 atom stereocenters. The SMILES string of the molecule is O=CCC1CCCN(C(=O)OCc2ccccc2)C1. The fourth-order valence-electron chi connectivity index (χ4n) is 2.37. The fraction of sp³-hybridized carbons (Fsp3) is 0.467. The summed E-state index contributed by atoms with van der Waals surface area (Å²) in [6.07, 6.45) is 3.14. The van der Waals surface area contributed by atoms with Crippen molar-refractivity contribution in [2.75, 3.05) is 13.1 Å². The summed E-state index contributed by atoms with van der Waals surface area (Å²) in [6.45, 7) is 1.66. The zero-order valence-corrected chi connectivity index (χ0v) is 11.0. The van der Waals surface area contributed by atoms with Gasteiger partial charge in [0.2, 0.25) is 0 Å². The number of hydrogen-bond donors (Lipinski definition) is 0. The maximum Gasteiger partial charge on any atom is 0.410 e. The molecule has 2 rings (SSSR count). The third-order valence-electron chi connectivity index (χ3n) is 3.41. The lowest BCUT2D eigenvalue weighted by atomic mass is 9.96. The number of aldehydes is 1. The Bertz CT molecular complexity index is 419. The largest absolute Gasteiger partial charge is 0.445 e. The molecule has 1 saturated heterocycles. The van der Waals surface area contributed by atoms with Crippen molar-refractivity contribution < 1.29 is 14.3 Å². The van der Waals surface area contributed by atoms with Crippen LogP contribution in [-0.2, 0) is 16.1 Å². The smallest absolute Gasteiger partial charge is 0.410 e. The summed E-state index contributed by atoms with van der Waals surface area (Å²) < 4.78 is 5.29. The number of likely N-dealkylation sites (tertiary alicyclic amines) is 1. The first-order chi connectivity index (χ1) is 9.29. The Morgan fingerprint density at radius 3 is 2.89 bits per heavy atom. The normalized spacial score (nSPS) is 18.9. The molecule has 0 saturated carbocycles. The van der Waals surface area contributed by atoms with Crippen LogP contribution in [0.5, 0.6) is 0 Å². The van der Waals surface area contributed by atoms with E-state index in [0.717, 1.165) is 31.2 Å². The van der Waals surface area contributed by atoms with Crippen molar-refractivity contribution in [2.24, 2.45) is 5.92 Å². The van der Waals surface area contributed by atoms with Gasteiger partial charge in [-0.25, -0.2) is 4.79 Å². The molecule has 1 unspecified atom stereocenters. The minimum atomic E-state index is -0.278. The molecule has 0 N–H and O–H groups in total. The zero-order chi connectivity index (χ0) is 13.5. The van der Waals surface area contributed by atoms with Gasteiger partial charge in [-0.3, -0.25) is 0 Å². The summed E-state index contributed by atoms with van der Waals surface area (Å²) in [5.74, 6) is 0.288. The molecule has 0 radical (unpaired) electrons. The first-order valence-corrected chi connectivity index (χ1v) is 6.69. The van der Waals surface area contributed by atoms with Gasteiger partial charge in [0.25, 0.3) is 0 Å². The number of carbonyl (C=O) groups excluding carboxylic acids is 2. The monoisotopic (exact) mass is 261 g/mol. The summed E-state index contributed by atoms with van der Waals surface area (Å²) in [4.78, 5) is 24.2. The molecule has 4 heteroatoms. The van der Waals surface area contributed by atoms with Crippen LogP contribution in [0.3, 0.4) is 0 Å². The topological polar surface area (TPSA) is 46.6 Å². The highest BCUT2D eigenvalue weighted by molar-refractivity contribution is 5.67. The second-order valence-electron chi connectivity index (χ2n) is 4.90. The van der Waals surface area contributed by atoms with Crippen LogP contribution in [-0.4, -0.2) is 30.4 Å². The van der Waals surface area contributed by atoms with Crippen molar-refractivity contribution >= 4 is 12.4 Å². The molecule has 19 heavy (non-hydrogen) atoms. The predicted molar refractivity (Wildman–Crippen MR) is 71.6 cm³/mol. The summed E-state index contributed by atoms with van der Waals surface area (Å²) >= 11 is 0. The van der Waals surface area contributed by atoms with Crippen LogP contribution in [0.2, 0.25) is 0 Å². The van der Waals surface area contributed by atoms with Gasteiger partial charge in [0.1, 0.15) is 12.9 Å². The van der Waals surface area contributed by atoms with Crippen molar-refractivity contribution in [3.05, 3.63) is 35.9 Å². The average molecular weight is 261 g/mol. The molecule has 1 amide bonds. The molecule has 1 fully saturated rings. The highest BCUT2D eigenvalue weighted by atomic mass is 16.6. The second kappa shape index (κ2) is 6.92. The van der Waals surface area contributed by atoms with Gasteiger partial charge in [-0.15, -0.1) is 0 Å². The summed E-state index contributed by atoms with van der Waals surface area (Å²) in [7, 11) is 0. The molecule has 1 heterocycles. The number of piperidine rings is 1. The lowest BCUT2D eigenvalue weighted by molar-refractivity contribution is -0.109. The van der Waals surface area contributed by atoms with Crippen molar-refractivity contribution in [3.8, 4) is 0 Å². The van der Waals surface area contributed by atoms with E-state index in [1.165, 1.54) is 0 Å². The molecule has 0 bridgehead atoms. The third-order valence-corrected chi connectivity index (χ3v) is 3.41. The highest BCUT2D eigenvalue weighted by Gasteiger charge is 2.24. The molecule has 1 aliphatic rings. The van der Waals surface area contributed by atoms with Crippen LogP contribution < -0.4 is 0 Å². The van der Waals surface area contributed by atoms with E-state index in [1.807, 2.05) is 30.3 Å². The Labute approximate surface area is 113 Å². The number of carbonyl (C=O) groups is 2. The van der Waals surface area contributed by atoms with Crippen LogP contribution in [0.25, 0.3) is 0 Å². The van der Waals surface area contributed by atoms with Crippen LogP contribution in [0.1, 0.15) is 24.8 Å². The molecule has 0 spiro atoms. The molecule has 1 aliphatic heterocycles. The number of amides is 1. The number of ether oxygens (including phenoxy) is 1. The zero-order valence-electron chi connectivity index (χ0n) is 11.0. The summed E-state index contributed by atoms with van der Waals surface area (Å²) in [6, 6.07) is 9.63. The van der Waals surface area contributed by atoms with Crippen molar-refractivity contribution in [1.82, 2.24) is 4.90 Å². The Kier molecular flexibility index (Phi) is 4.95. The van der Waals surface area contributed by atoms with Gasteiger partial charge in [0, 0.05) is 19.5 Å². The van der Waals surface area contributed by atoms with E-state index in [-0.39, 0.29) is 12.0 Å². The third kappa shape index (κ3) is 4.09. The molecule has 1 aromatic carbocycles. The Morgan fingerprint density at radius 1 is 1.37 bits per heavy atom. The molecule has 102 valence electrons. The Morgan fingerprint density at radius 2 is 2.16 bits per heavy atom. The molecule has 0 aromatic heterocycles. The van der Waals surface area contributed by atoms with Gasteiger partial charge >= 0.3 is 6.09 Å². The minimum Gasteiger partial charge on any atom is -0.445 e. The molecular formula is C15H19NO3. The van der Waals surface area contributed by atoms with Gasteiger partial charge in [0.05, 0.1) is 0 Å². The average Bonchev–Trinajstić information content (AvgIpc) is 2.46. The van der Waals surface area contributed by atoms with E-state index in [9.17, 15) is 9.59 Å². The summed E-state index contributed by atoms with van der Waals surface area (Å²) in [5, 5.41) is 0. The van der Waals surface area contributed by atoms with Gasteiger partial charge in [0.15, 0.2) is 0 Å². The van der Waals surface area contributed by atoms with E-state index >= 15 is 0 Å². The Hall–Kier alpha value is -1.84. The maximum absolute atomic E-state index is 11.9. The van der Waals surface area contributed by atoms with Crippen molar-refractivity contribution in [2.45, 2.75) is 25.9 Å². The van der Waals surface area contributed by atoms with Gasteiger partial charge in [-0.2, -0.15) is 0 Å². The van der Waals surface area contributed by atoms with E-state index in [4.69, 9.17) is 4.74 Å². The number of nitrogens with zero attached hydrogens (tertiary/aromatic N) is 1.